The van der Waals surface area contributed by atoms with Gasteiger partial charge in [0.25, 0.3) is 0 Å². The summed E-state index contributed by atoms with van der Waals surface area (Å²) in [5.74, 6) is -1.04. The van der Waals surface area contributed by atoms with E-state index in [-0.39, 0.29) is 17.9 Å². The van der Waals surface area contributed by atoms with E-state index < -0.39 is 5.97 Å². The van der Waals surface area contributed by atoms with Crippen LogP contribution in [0, 0.1) is 0 Å². The number of hydrogen-bond donors (Lipinski definition) is 3. The number of ether oxygens (including phenoxy) is 1. The molecule has 0 unspecified atom stereocenters. The molecular formula is C13H20N2O4. The zero-order valence-electron chi connectivity index (χ0n) is 11.0. The quantitative estimate of drug-likeness (QED) is 0.591. The lowest BCUT2D eigenvalue weighted by atomic mass is 10.0. The Labute approximate surface area is 112 Å². The number of benzene rings is 1. The smallest absolute Gasteiger partial charge is 0.338 e. The van der Waals surface area contributed by atoms with Crippen molar-refractivity contribution in [3.8, 4) is 0 Å². The van der Waals surface area contributed by atoms with E-state index in [9.17, 15) is 9.90 Å². The molecule has 19 heavy (non-hydrogen) atoms. The molecule has 0 aliphatic rings. The summed E-state index contributed by atoms with van der Waals surface area (Å²) in [6, 6.07) is 5.03. The Hall–Kier alpha value is -1.63. The van der Waals surface area contributed by atoms with Crippen molar-refractivity contribution >= 4 is 11.7 Å². The topological polar surface area (TPSA) is 96.0 Å². The maximum atomic E-state index is 11.2. The molecule has 0 aliphatic heterocycles. The fourth-order valence-electron chi connectivity index (χ4n) is 1.89. The van der Waals surface area contributed by atoms with Gasteiger partial charge in [0, 0.05) is 32.4 Å². The molecule has 0 radical (unpaired) electrons. The molecule has 6 heteroatoms. The molecular weight excluding hydrogens is 248 g/mol. The highest BCUT2D eigenvalue weighted by molar-refractivity contribution is 5.95. The summed E-state index contributed by atoms with van der Waals surface area (Å²) in [6.07, 6.45) is 0. The van der Waals surface area contributed by atoms with E-state index in [4.69, 9.17) is 15.6 Å². The van der Waals surface area contributed by atoms with E-state index in [1.165, 1.54) is 0 Å². The maximum absolute atomic E-state index is 11.2. The Morgan fingerprint density at radius 2 is 2.16 bits per heavy atom. The van der Waals surface area contributed by atoms with E-state index in [0.29, 0.717) is 31.8 Å². The molecule has 0 saturated carbocycles. The molecule has 0 aliphatic carbocycles. The Kier molecular flexibility index (Phi) is 6.27. The lowest BCUT2D eigenvalue weighted by Crippen LogP contribution is -2.30. The van der Waals surface area contributed by atoms with Gasteiger partial charge < -0.3 is 20.7 Å². The Morgan fingerprint density at radius 3 is 2.74 bits per heavy atom. The number of aromatic carboxylic acids is 1. The summed E-state index contributed by atoms with van der Waals surface area (Å²) in [4.78, 5) is 13.1. The molecule has 0 amide bonds. The first-order valence-electron chi connectivity index (χ1n) is 6.03. The number of nitrogens with two attached hydrogens (primary N) is 1. The zero-order chi connectivity index (χ0) is 14.3. The van der Waals surface area contributed by atoms with Crippen molar-refractivity contribution in [1.29, 1.82) is 0 Å². The van der Waals surface area contributed by atoms with Crippen molar-refractivity contribution in [2.45, 2.75) is 6.54 Å². The van der Waals surface area contributed by atoms with Gasteiger partial charge in [-0.1, -0.05) is 12.1 Å². The van der Waals surface area contributed by atoms with Crippen LogP contribution in [0.4, 0.5) is 5.69 Å². The molecule has 0 atom stereocenters. The molecule has 0 aromatic heterocycles. The van der Waals surface area contributed by atoms with E-state index >= 15 is 0 Å². The largest absolute Gasteiger partial charge is 0.478 e. The molecule has 0 spiro atoms. The second kappa shape index (κ2) is 7.73. The van der Waals surface area contributed by atoms with Gasteiger partial charge in [-0.3, -0.25) is 4.90 Å². The summed E-state index contributed by atoms with van der Waals surface area (Å²) < 4.78 is 4.99. The van der Waals surface area contributed by atoms with Crippen molar-refractivity contribution in [2.75, 3.05) is 39.1 Å². The van der Waals surface area contributed by atoms with Crippen LogP contribution in [0.1, 0.15) is 15.9 Å². The molecule has 0 heterocycles. The van der Waals surface area contributed by atoms with Gasteiger partial charge in [0.15, 0.2) is 0 Å². The van der Waals surface area contributed by atoms with Crippen LogP contribution < -0.4 is 5.73 Å². The van der Waals surface area contributed by atoms with Gasteiger partial charge in [-0.2, -0.15) is 0 Å². The molecule has 6 nitrogen and oxygen atoms in total. The predicted octanol–water partition coefficient (Wildman–Crippen LogP) is 0.408. The first-order chi connectivity index (χ1) is 9.10. The number of nitrogens with zero attached hydrogens (tertiary/aromatic N) is 1. The van der Waals surface area contributed by atoms with Gasteiger partial charge in [0.1, 0.15) is 0 Å². The average Bonchev–Trinajstić information content (AvgIpc) is 2.35. The van der Waals surface area contributed by atoms with Crippen LogP contribution in [0.15, 0.2) is 18.2 Å². The third-order valence-corrected chi connectivity index (χ3v) is 2.82. The number of anilines is 1. The molecule has 0 fully saturated rings. The van der Waals surface area contributed by atoms with Gasteiger partial charge in [-0.05, 0) is 11.6 Å². The van der Waals surface area contributed by atoms with Gasteiger partial charge in [-0.15, -0.1) is 0 Å². The van der Waals surface area contributed by atoms with Crippen molar-refractivity contribution in [3.05, 3.63) is 29.3 Å². The second-order valence-corrected chi connectivity index (χ2v) is 4.18. The third kappa shape index (κ3) is 4.51. The van der Waals surface area contributed by atoms with E-state index in [2.05, 4.69) is 0 Å². The monoisotopic (exact) mass is 268 g/mol. The van der Waals surface area contributed by atoms with Crippen LogP contribution in [0.5, 0.6) is 0 Å². The maximum Gasteiger partial charge on any atom is 0.338 e. The fraction of sp³-hybridized carbons (Fsp3) is 0.462. The predicted molar refractivity (Wildman–Crippen MR) is 72.1 cm³/mol. The number of aliphatic hydroxyl groups is 1. The minimum absolute atomic E-state index is 0.00837. The van der Waals surface area contributed by atoms with Crippen LogP contribution in [0.2, 0.25) is 0 Å². The summed E-state index contributed by atoms with van der Waals surface area (Å²) in [6.45, 7) is 2.01. The highest BCUT2D eigenvalue weighted by Gasteiger charge is 2.15. The minimum Gasteiger partial charge on any atom is -0.478 e. The van der Waals surface area contributed by atoms with Gasteiger partial charge >= 0.3 is 5.97 Å². The highest BCUT2D eigenvalue weighted by Crippen LogP contribution is 2.18. The summed E-state index contributed by atoms with van der Waals surface area (Å²) in [7, 11) is 1.60. The lowest BCUT2D eigenvalue weighted by Gasteiger charge is -2.22. The Balaban J connectivity index is 2.89. The van der Waals surface area contributed by atoms with Gasteiger partial charge in [0.05, 0.1) is 18.8 Å². The SMILES string of the molecule is COCCN(CCO)Cc1cccc(N)c1C(=O)O. The molecule has 1 aromatic carbocycles. The van der Waals surface area contributed by atoms with Crippen molar-refractivity contribution in [2.24, 2.45) is 0 Å². The third-order valence-electron chi connectivity index (χ3n) is 2.82. The van der Waals surface area contributed by atoms with Crippen molar-refractivity contribution in [3.63, 3.8) is 0 Å². The van der Waals surface area contributed by atoms with Gasteiger partial charge in [0.2, 0.25) is 0 Å². The Morgan fingerprint density at radius 1 is 1.42 bits per heavy atom. The van der Waals surface area contributed by atoms with Crippen LogP contribution in [-0.2, 0) is 11.3 Å². The number of carbonyl (C=O) groups is 1. The number of hydrogen-bond acceptors (Lipinski definition) is 5. The first-order valence-corrected chi connectivity index (χ1v) is 6.03. The molecule has 1 aromatic rings. The van der Waals surface area contributed by atoms with E-state index in [1.807, 2.05) is 4.90 Å². The fourth-order valence-corrected chi connectivity index (χ4v) is 1.89. The summed E-state index contributed by atoms with van der Waals surface area (Å²) in [5.41, 5.74) is 6.71. The van der Waals surface area contributed by atoms with Crippen molar-refractivity contribution < 1.29 is 19.7 Å². The van der Waals surface area contributed by atoms with Gasteiger partial charge in [-0.25, -0.2) is 4.79 Å². The molecule has 0 bridgehead atoms. The summed E-state index contributed by atoms with van der Waals surface area (Å²) >= 11 is 0. The number of carboxylic acid groups (broad SMARTS) is 1. The highest BCUT2D eigenvalue weighted by atomic mass is 16.5. The van der Waals surface area contributed by atoms with Crippen LogP contribution in [-0.4, -0.2) is 54.5 Å². The normalized spacial score (nSPS) is 10.9. The van der Waals surface area contributed by atoms with Crippen molar-refractivity contribution in [1.82, 2.24) is 4.90 Å². The number of aliphatic hydroxyl groups excluding tert-OH is 1. The molecule has 106 valence electrons. The minimum atomic E-state index is -1.04. The number of rotatable bonds is 8. The summed E-state index contributed by atoms with van der Waals surface area (Å²) in [5, 5.41) is 18.2. The van der Waals surface area contributed by atoms with E-state index in [1.54, 1.807) is 25.3 Å². The number of nitrogen functional groups attached to an aromatic ring is 1. The second-order valence-electron chi connectivity index (χ2n) is 4.18. The standard InChI is InChI=1S/C13H20N2O4/c1-19-8-6-15(5-7-16)9-10-3-2-4-11(14)12(10)13(17)18/h2-4,16H,5-9,14H2,1H3,(H,17,18). The van der Waals surface area contributed by atoms with Crippen LogP contribution in [0.3, 0.4) is 0 Å². The Bertz CT molecular complexity index is 423. The van der Waals surface area contributed by atoms with Crippen LogP contribution in [0.25, 0.3) is 0 Å². The molecule has 4 N–H and O–H groups in total. The van der Waals surface area contributed by atoms with Crippen LogP contribution >= 0.6 is 0 Å². The number of methoxy groups -OCH3 is 1. The van der Waals surface area contributed by atoms with E-state index in [0.717, 1.165) is 0 Å². The first kappa shape index (κ1) is 15.4. The number of carboxylic acids is 1. The zero-order valence-corrected chi connectivity index (χ0v) is 11.0. The average molecular weight is 268 g/mol. The molecule has 0 saturated heterocycles. The lowest BCUT2D eigenvalue weighted by molar-refractivity contribution is 0.0695. The molecule has 1 rings (SSSR count).